The molecule has 0 unspecified atom stereocenters. The molecule has 2 nitrogen and oxygen atoms in total. The fourth-order valence-corrected chi connectivity index (χ4v) is 3.08. The number of hydrogen-bond donors (Lipinski definition) is 1. The van der Waals surface area contributed by atoms with Crippen LogP contribution < -0.4 is 5.32 Å². The second kappa shape index (κ2) is 7.61. The molecule has 18 heavy (non-hydrogen) atoms. The normalized spacial score (nSPS) is 17.0. The highest BCUT2D eigenvalue weighted by atomic mass is 35.5. The molecule has 0 bridgehead atoms. The van der Waals surface area contributed by atoms with Crippen LogP contribution in [0.3, 0.4) is 0 Å². The molecule has 1 N–H and O–H groups in total. The number of thioether (sulfide) groups is 1. The van der Waals surface area contributed by atoms with Gasteiger partial charge in [-0.15, -0.1) is 11.8 Å². The fourth-order valence-electron chi connectivity index (χ4n) is 1.90. The molecule has 5 heteroatoms. The SMILES string of the molecule is Clc1ccc(SCCNC2CCOCC2)cc1Cl. The van der Waals surface area contributed by atoms with Crippen LogP contribution in [0.15, 0.2) is 23.1 Å². The van der Waals surface area contributed by atoms with Gasteiger partial charge in [0.15, 0.2) is 0 Å². The first-order valence-corrected chi connectivity index (χ1v) is 7.89. The second-order valence-corrected chi connectivity index (χ2v) is 6.25. The molecule has 0 aromatic heterocycles. The third-order valence-electron chi connectivity index (χ3n) is 2.92. The molecular formula is C13H17Cl2NOS. The van der Waals surface area contributed by atoms with Gasteiger partial charge in [0.1, 0.15) is 0 Å². The van der Waals surface area contributed by atoms with Crippen LogP contribution in [0.5, 0.6) is 0 Å². The topological polar surface area (TPSA) is 21.3 Å². The molecule has 1 aliphatic rings. The minimum Gasteiger partial charge on any atom is -0.381 e. The number of benzene rings is 1. The molecule has 0 aliphatic carbocycles. The third-order valence-corrected chi connectivity index (χ3v) is 4.65. The van der Waals surface area contributed by atoms with Crippen LogP contribution in [0.25, 0.3) is 0 Å². The molecule has 1 aliphatic heterocycles. The summed E-state index contributed by atoms with van der Waals surface area (Å²) < 4.78 is 5.33. The maximum Gasteiger partial charge on any atom is 0.0603 e. The van der Waals surface area contributed by atoms with E-state index in [-0.39, 0.29) is 0 Å². The predicted molar refractivity (Wildman–Crippen MR) is 79.0 cm³/mol. The summed E-state index contributed by atoms with van der Waals surface area (Å²) in [6.45, 7) is 2.78. The zero-order chi connectivity index (χ0) is 12.8. The van der Waals surface area contributed by atoms with Crippen LogP contribution in [0.1, 0.15) is 12.8 Å². The minimum absolute atomic E-state index is 0.612. The van der Waals surface area contributed by atoms with E-state index in [0.717, 1.165) is 43.2 Å². The summed E-state index contributed by atoms with van der Waals surface area (Å²) in [6, 6.07) is 6.39. The van der Waals surface area contributed by atoms with Crippen LogP contribution >= 0.6 is 35.0 Å². The van der Waals surface area contributed by atoms with Crippen LogP contribution in [0.4, 0.5) is 0 Å². The monoisotopic (exact) mass is 305 g/mol. The van der Waals surface area contributed by atoms with Crippen molar-refractivity contribution < 1.29 is 4.74 Å². The average Bonchev–Trinajstić information content (AvgIpc) is 2.40. The molecule has 1 heterocycles. The van der Waals surface area contributed by atoms with Gasteiger partial charge in [-0.05, 0) is 31.0 Å². The molecule has 1 fully saturated rings. The summed E-state index contributed by atoms with van der Waals surface area (Å²) in [7, 11) is 0. The van der Waals surface area contributed by atoms with E-state index in [4.69, 9.17) is 27.9 Å². The summed E-state index contributed by atoms with van der Waals surface area (Å²) in [5, 5.41) is 4.79. The first-order chi connectivity index (χ1) is 8.75. The van der Waals surface area contributed by atoms with Gasteiger partial charge in [-0.3, -0.25) is 0 Å². The summed E-state index contributed by atoms with van der Waals surface area (Å²) in [6.07, 6.45) is 2.24. The van der Waals surface area contributed by atoms with Crippen molar-refractivity contribution in [3.05, 3.63) is 28.2 Å². The first kappa shape index (κ1) is 14.5. The van der Waals surface area contributed by atoms with E-state index >= 15 is 0 Å². The largest absolute Gasteiger partial charge is 0.381 e. The lowest BCUT2D eigenvalue weighted by molar-refractivity contribution is 0.0786. The van der Waals surface area contributed by atoms with Crippen molar-refractivity contribution >= 4 is 35.0 Å². The summed E-state index contributed by atoms with van der Waals surface area (Å²) in [4.78, 5) is 1.16. The maximum atomic E-state index is 5.97. The Kier molecular flexibility index (Phi) is 6.12. The Morgan fingerprint density at radius 2 is 2.00 bits per heavy atom. The molecule has 2 rings (SSSR count). The molecule has 0 radical (unpaired) electrons. The van der Waals surface area contributed by atoms with E-state index in [2.05, 4.69) is 5.32 Å². The van der Waals surface area contributed by atoms with Crippen molar-refractivity contribution in [2.24, 2.45) is 0 Å². The number of hydrogen-bond acceptors (Lipinski definition) is 3. The molecule has 0 spiro atoms. The Morgan fingerprint density at radius 3 is 2.72 bits per heavy atom. The van der Waals surface area contributed by atoms with Crippen molar-refractivity contribution in [2.45, 2.75) is 23.8 Å². The summed E-state index contributed by atoms with van der Waals surface area (Å²) in [5.74, 6) is 1.04. The zero-order valence-electron chi connectivity index (χ0n) is 10.1. The van der Waals surface area contributed by atoms with Crippen molar-refractivity contribution in [3.63, 3.8) is 0 Å². The van der Waals surface area contributed by atoms with E-state index in [9.17, 15) is 0 Å². The molecule has 0 saturated carbocycles. The van der Waals surface area contributed by atoms with Gasteiger partial charge in [-0.25, -0.2) is 0 Å². The molecule has 1 aromatic carbocycles. The fraction of sp³-hybridized carbons (Fsp3) is 0.538. The summed E-state index contributed by atoms with van der Waals surface area (Å²) in [5.41, 5.74) is 0. The van der Waals surface area contributed by atoms with Crippen LogP contribution in [-0.2, 0) is 4.74 Å². The van der Waals surface area contributed by atoms with Gasteiger partial charge in [0, 0.05) is 36.4 Å². The molecule has 0 atom stereocenters. The standard InChI is InChI=1S/C13H17Cl2NOS/c14-12-2-1-11(9-13(12)15)18-8-5-16-10-3-6-17-7-4-10/h1-2,9-10,16H,3-8H2. The highest BCUT2D eigenvalue weighted by Gasteiger charge is 2.12. The molecule has 100 valence electrons. The third kappa shape index (κ3) is 4.63. The van der Waals surface area contributed by atoms with Gasteiger partial charge in [-0.1, -0.05) is 23.2 Å². The minimum atomic E-state index is 0.612. The highest BCUT2D eigenvalue weighted by Crippen LogP contribution is 2.27. The smallest absolute Gasteiger partial charge is 0.0603 e. The van der Waals surface area contributed by atoms with Crippen LogP contribution in [0.2, 0.25) is 10.0 Å². The van der Waals surface area contributed by atoms with Gasteiger partial charge < -0.3 is 10.1 Å². The van der Waals surface area contributed by atoms with Crippen LogP contribution in [-0.4, -0.2) is 31.6 Å². The first-order valence-electron chi connectivity index (χ1n) is 6.14. The van der Waals surface area contributed by atoms with Crippen molar-refractivity contribution in [1.29, 1.82) is 0 Å². The van der Waals surface area contributed by atoms with E-state index in [1.165, 1.54) is 0 Å². The van der Waals surface area contributed by atoms with Gasteiger partial charge in [0.05, 0.1) is 10.0 Å². The molecule has 0 amide bonds. The number of rotatable bonds is 5. The van der Waals surface area contributed by atoms with E-state index in [0.29, 0.717) is 16.1 Å². The summed E-state index contributed by atoms with van der Waals surface area (Å²) >= 11 is 13.6. The lowest BCUT2D eigenvalue weighted by Crippen LogP contribution is -2.35. The van der Waals surface area contributed by atoms with Crippen molar-refractivity contribution in [1.82, 2.24) is 5.32 Å². The average molecular weight is 306 g/mol. The lowest BCUT2D eigenvalue weighted by Gasteiger charge is -2.23. The van der Waals surface area contributed by atoms with Crippen LogP contribution in [0, 0.1) is 0 Å². The van der Waals surface area contributed by atoms with E-state index in [1.54, 1.807) is 11.8 Å². The Labute approximate surface area is 122 Å². The molecule has 1 aromatic rings. The Balaban J connectivity index is 1.66. The second-order valence-electron chi connectivity index (χ2n) is 4.27. The van der Waals surface area contributed by atoms with Gasteiger partial charge in [-0.2, -0.15) is 0 Å². The van der Waals surface area contributed by atoms with E-state index in [1.807, 2.05) is 18.2 Å². The number of ether oxygens (including phenoxy) is 1. The number of halogens is 2. The zero-order valence-corrected chi connectivity index (χ0v) is 12.5. The Bertz CT molecular complexity index is 383. The van der Waals surface area contributed by atoms with E-state index < -0.39 is 0 Å². The predicted octanol–water partition coefficient (Wildman–Crippen LogP) is 3.85. The highest BCUT2D eigenvalue weighted by molar-refractivity contribution is 7.99. The lowest BCUT2D eigenvalue weighted by atomic mass is 10.1. The van der Waals surface area contributed by atoms with Gasteiger partial charge in [0.2, 0.25) is 0 Å². The molecule has 1 saturated heterocycles. The van der Waals surface area contributed by atoms with Gasteiger partial charge in [0.25, 0.3) is 0 Å². The molecular weight excluding hydrogens is 289 g/mol. The van der Waals surface area contributed by atoms with Gasteiger partial charge >= 0.3 is 0 Å². The quantitative estimate of drug-likeness (QED) is 0.659. The van der Waals surface area contributed by atoms with Crippen molar-refractivity contribution in [2.75, 3.05) is 25.5 Å². The number of nitrogens with one attached hydrogen (secondary N) is 1. The Hall–Kier alpha value is 0.0700. The maximum absolute atomic E-state index is 5.97. The van der Waals surface area contributed by atoms with Crippen molar-refractivity contribution in [3.8, 4) is 0 Å². The Morgan fingerprint density at radius 1 is 1.22 bits per heavy atom.